The van der Waals surface area contributed by atoms with Crippen LogP contribution in [-0.2, 0) is 23.3 Å². The topological polar surface area (TPSA) is 56.7 Å². The van der Waals surface area contributed by atoms with Gasteiger partial charge in [0.15, 0.2) is 5.96 Å². The molecule has 0 atom stereocenters. The van der Waals surface area contributed by atoms with Crippen LogP contribution in [0, 0.1) is 5.82 Å². The van der Waals surface area contributed by atoms with E-state index in [-0.39, 0.29) is 41.1 Å². The van der Waals surface area contributed by atoms with Gasteiger partial charge in [-0.25, -0.2) is 4.39 Å². The second-order valence-electron chi connectivity index (χ2n) is 8.27. The fraction of sp³-hybridized carbons (Fsp3) is 0.417. The van der Waals surface area contributed by atoms with Gasteiger partial charge in [0.25, 0.3) is 0 Å². The Morgan fingerprint density at radius 1 is 1.10 bits per heavy atom. The van der Waals surface area contributed by atoms with Crippen molar-refractivity contribution in [1.29, 1.82) is 0 Å². The van der Waals surface area contributed by atoms with Crippen molar-refractivity contribution in [3.63, 3.8) is 0 Å². The Morgan fingerprint density at radius 2 is 1.81 bits per heavy atom. The smallest absolute Gasteiger partial charge is 0.223 e. The number of hydrogen-bond donors (Lipinski definition) is 2. The average molecular weight is 536 g/mol. The van der Waals surface area contributed by atoms with Crippen molar-refractivity contribution in [2.24, 2.45) is 4.99 Å². The third kappa shape index (κ3) is 5.75. The minimum absolute atomic E-state index is 0. The van der Waals surface area contributed by atoms with Crippen molar-refractivity contribution in [2.45, 2.75) is 44.2 Å². The van der Waals surface area contributed by atoms with Gasteiger partial charge in [-0.05, 0) is 48.1 Å². The third-order valence-electron chi connectivity index (χ3n) is 6.16. The number of benzene rings is 2. The van der Waals surface area contributed by atoms with Gasteiger partial charge >= 0.3 is 0 Å². The molecule has 1 heterocycles. The molecule has 0 bridgehead atoms. The molecule has 166 valence electrons. The minimum Gasteiger partial charge on any atom is -0.356 e. The third-order valence-corrected chi connectivity index (χ3v) is 6.16. The van der Waals surface area contributed by atoms with Gasteiger partial charge in [0.05, 0.1) is 0 Å². The molecule has 2 aliphatic rings. The van der Waals surface area contributed by atoms with Gasteiger partial charge in [0.1, 0.15) is 5.82 Å². The van der Waals surface area contributed by atoms with Crippen LogP contribution in [-0.4, -0.2) is 36.9 Å². The van der Waals surface area contributed by atoms with Crippen LogP contribution in [0.25, 0.3) is 0 Å². The Labute approximate surface area is 200 Å². The molecule has 31 heavy (non-hydrogen) atoms. The number of aliphatic imine (C=N–C) groups is 1. The molecule has 0 aromatic heterocycles. The van der Waals surface area contributed by atoms with E-state index in [0.29, 0.717) is 26.1 Å². The van der Waals surface area contributed by atoms with Crippen molar-refractivity contribution < 1.29 is 9.18 Å². The first-order chi connectivity index (χ1) is 14.6. The van der Waals surface area contributed by atoms with Crippen LogP contribution in [0.2, 0.25) is 0 Å². The number of hydrogen-bond acceptors (Lipinski definition) is 2. The van der Waals surface area contributed by atoms with Crippen molar-refractivity contribution in [2.75, 3.05) is 20.1 Å². The maximum absolute atomic E-state index is 13.6. The Hall–Kier alpha value is -2.16. The summed E-state index contributed by atoms with van der Waals surface area (Å²) in [6.45, 7) is 2.84. The number of amides is 1. The van der Waals surface area contributed by atoms with E-state index in [1.807, 2.05) is 23.1 Å². The molecular formula is C24H30FIN4O. The normalized spacial score (nSPS) is 16.3. The zero-order valence-electron chi connectivity index (χ0n) is 17.9. The van der Waals surface area contributed by atoms with Crippen LogP contribution in [0.5, 0.6) is 0 Å². The molecule has 0 spiro atoms. The van der Waals surface area contributed by atoms with Crippen molar-refractivity contribution in [3.05, 3.63) is 71.0 Å². The number of carbonyl (C=O) groups excluding carboxylic acids is 1. The predicted octanol–water partition coefficient (Wildman–Crippen LogP) is 3.96. The zero-order chi connectivity index (χ0) is 21.0. The van der Waals surface area contributed by atoms with Crippen LogP contribution >= 0.6 is 24.0 Å². The van der Waals surface area contributed by atoms with E-state index >= 15 is 0 Å². The maximum Gasteiger partial charge on any atom is 0.223 e. The summed E-state index contributed by atoms with van der Waals surface area (Å²) in [5.74, 6) is 0.727. The molecule has 0 radical (unpaired) electrons. The summed E-state index contributed by atoms with van der Waals surface area (Å²) in [6, 6.07) is 15.1. The molecule has 1 amide bonds. The zero-order valence-corrected chi connectivity index (χ0v) is 20.2. The first-order valence-electron chi connectivity index (χ1n) is 10.6. The number of fused-ring (bicyclic) bond motifs is 1. The summed E-state index contributed by atoms with van der Waals surface area (Å²) in [5.41, 5.74) is 3.55. The second kappa shape index (κ2) is 10.4. The molecule has 0 saturated heterocycles. The highest BCUT2D eigenvalue weighted by molar-refractivity contribution is 14.0. The molecule has 7 heteroatoms. The maximum atomic E-state index is 13.6. The number of guanidine groups is 1. The lowest BCUT2D eigenvalue weighted by atomic mass is 9.96. The molecule has 1 aliphatic carbocycles. The molecule has 5 nitrogen and oxygen atoms in total. The van der Waals surface area contributed by atoms with Gasteiger partial charge in [-0.2, -0.15) is 0 Å². The number of halogens is 2. The van der Waals surface area contributed by atoms with Crippen LogP contribution in [0.4, 0.5) is 4.39 Å². The highest BCUT2D eigenvalue weighted by Crippen LogP contribution is 2.47. The van der Waals surface area contributed by atoms with Gasteiger partial charge in [-0.3, -0.25) is 9.79 Å². The van der Waals surface area contributed by atoms with Crippen LogP contribution in [0.3, 0.4) is 0 Å². The fourth-order valence-electron chi connectivity index (χ4n) is 4.12. The lowest BCUT2D eigenvalue weighted by molar-refractivity contribution is -0.131. The number of nitrogens with one attached hydrogen (secondary N) is 2. The van der Waals surface area contributed by atoms with Gasteiger partial charge in [0, 0.05) is 45.1 Å². The van der Waals surface area contributed by atoms with E-state index in [1.54, 1.807) is 19.2 Å². The van der Waals surface area contributed by atoms with Gasteiger partial charge < -0.3 is 15.5 Å². The Bertz CT molecular complexity index is 920. The molecule has 2 N–H and O–H groups in total. The average Bonchev–Trinajstić information content (AvgIpc) is 3.43. The number of nitrogens with zero attached hydrogens (tertiary/aromatic N) is 2. The molecule has 2 aromatic rings. The lowest BCUT2D eigenvalue weighted by Gasteiger charge is -2.19. The van der Waals surface area contributed by atoms with E-state index < -0.39 is 0 Å². The summed E-state index contributed by atoms with van der Waals surface area (Å²) < 4.78 is 13.6. The monoisotopic (exact) mass is 536 g/mol. The van der Waals surface area contributed by atoms with Crippen LogP contribution < -0.4 is 10.6 Å². The van der Waals surface area contributed by atoms with E-state index in [2.05, 4.69) is 27.8 Å². The van der Waals surface area contributed by atoms with E-state index in [4.69, 9.17) is 0 Å². The van der Waals surface area contributed by atoms with Gasteiger partial charge in [0.2, 0.25) is 5.91 Å². The molecule has 4 rings (SSSR count). The van der Waals surface area contributed by atoms with Crippen molar-refractivity contribution in [1.82, 2.24) is 15.5 Å². The standard InChI is InChI=1S/C24H29FN4O.HI/c1-26-23(28-17-24(11-12-24)20-8-4-9-21(25)14-20)27-13-5-10-22(30)29-15-18-6-2-3-7-19(18)16-29;/h2-4,6-9,14H,5,10-13,15-17H2,1H3,(H2,26,27,28);1H. The number of rotatable bonds is 7. The van der Waals surface area contributed by atoms with E-state index in [0.717, 1.165) is 37.3 Å². The van der Waals surface area contributed by atoms with Gasteiger partial charge in [-0.15, -0.1) is 24.0 Å². The Balaban J connectivity index is 0.00000272. The van der Waals surface area contributed by atoms with E-state index in [1.165, 1.54) is 17.2 Å². The summed E-state index contributed by atoms with van der Waals surface area (Å²) in [7, 11) is 1.74. The highest BCUT2D eigenvalue weighted by atomic mass is 127. The summed E-state index contributed by atoms with van der Waals surface area (Å²) in [4.78, 5) is 18.7. The fourth-order valence-corrected chi connectivity index (χ4v) is 4.12. The first kappa shape index (κ1) is 23.5. The molecule has 1 aliphatic heterocycles. The Kier molecular flexibility index (Phi) is 7.91. The van der Waals surface area contributed by atoms with Crippen LogP contribution in [0.15, 0.2) is 53.5 Å². The summed E-state index contributed by atoms with van der Waals surface area (Å²) in [5, 5.41) is 6.66. The largest absolute Gasteiger partial charge is 0.356 e. The molecule has 0 unspecified atom stereocenters. The molecular weight excluding hydrogens is 506 g/mol. The summed E-state index contributed by atoms with van der Waals surface area (Å²) in [6.07, 6.45) is 3.37. The van der Waals surface area contributed by atoms with Crippen molar-refractivity contribution in [3.8, 4) is 0 Å². The predicted molar refractivity (Wildman–Crippen MR) is 132 cm³/mol. The van der Waals surface area contributed by atoms with E-state index in [9.17, 15) is 9.18 Å². The highest BCUT2D eigenvalue weighted by Gasteiger charge is 2.44. The Morgan fingerprint density at radius 3 is 2.42 bits per heavy atom. The minimum atomic E-state index is -0.188. The molecule has 2 aromatic carbocycles. The second-order valence-corrected chi connectivity index (χ2v) is 8.27. The first-order valence-corrected chi connectivity index (χ1v) is 10.6. The molecule has 1 fully saturated rings. The van der Waals surface area contributed by atoms with Gasteiger partial charge in [-0.1, -0.05) is 36.4 Å². The summed E-state index contributed by atoms with van der Waals surface area (Å²) >= 11 is 0. The molecule has 1 saturated carbocycles. The number of carbonyl (C=O) groups is 1. The van der Waals surface area contributed by atoms with Crippen LogP contribution in [0.1, 0.15) is 42.4 Å². The SMILES string of the molecule is CN=C(NCCCC(=O)N1Cc2ccccc2C1)NCC1(c2cccc(F)c2)CC1.I. The quantitative estimate of drug-likeness (QED) is 0.244. The lowest BCUT2D eigenvalue weighted by Crippen LogP contribution is -2.41. The van der Waals surface area contributed by atoms with Crippen molar-refractivity contribution >= 4 is 35.8 Å².